The van der Waals surface area contributed by atoms with Gasteiger partial charge in [0.15, 0.2) is 0 Å². The van der Waals surface area contributed by atoms with Crippen LogP contribution in [0.5, 0.6) is 0 Å². The zero-order valence-corrected chi connectivity index (χ0v) is 7.28. The Bertz CT molecular complexity index is 194. The minimum Gasteiger partial charge on any atom is -0.0695 e. The molecular weight excluding hydrogens is 120 g/mol. The largest absolute Gasteiger partial charge is 0.0695 e. The molecule has 0 unspecified atom stereocenters. The summed E-state index contributed by atoms with van der Waals surface area (Å²) in [6, 6.07) is 0. The van der Waals surface area contributed by atoms with Gasteiger partial charge >= 0.3 is 0 Å². The predicted molar refractivity (Wildman–Crippen MR) is 45.7 cm³/mol. The normalized spacial score (nSPS) is 21.4. The zero-order valence-electron chi connectivity index (χ0n) is 7.28. The van der Waals surface area contributed by atoms with Gasteiger partial charge in [-0.25, -0.2) is 0 Å². The van der Waals surface area contributed by atoms with Crippen LogP contribution in [-0.4, -0.2) is 0 Å². The summed E-state index contributed by atoms with van der Waals surface area (Å²) in [6.07, 6.45) is 3.45. The smallest absolute Gasteiger partial charge is 0.00153 e. The lowest BCUT2D eigenvalue weighted by atomic mass is 9.87. The molecule has 0 nitrogen and oxygen atoms in total. The Morgan fingerprint density at radius 2 is 1.70 bits per heavy atom. The molecule has 1 rings (SSSR count). The van der Waals surface area contributed by atoms with Gasteiger partial charge in [-0.1, -0.05) is 29.7 Å². The summed E-state index contributed by atoms with van der Waals surface area (Å²) in [6.45, 7) is 8.79. The van der Waals surface area contributed by atoms with Crippen LogP contribution >= 0.6 is 0 Å². The Morgan fingerprint density at radius 3 is 2.20 bits per heavy atom. The second-order valence-corrected chi connectivity index (χ2v) is 3.25. The fraction of sp³-hybridized carbons (Fsp3) is 0.500. The Hall–Kier alpha value is -0.520. The van der Waals surface area contributed by atoms with Crippen molar-refractivity contribution in [3.63, 3.8) is 0 Å². The van der Waals surface area contributed by atoms with Gasteiger partial charge in [0.25, 0.3) is 0 Å². The monoisotopic (exact) mass is 135 g/mol. The lowest BCUT2D eigenvalue weighted by molar-refractivity contribution is 0.918. The van der Waals surface area contributed by atoms with Gasteiger partial charge in [-0.15, -0.1) is 0 Å². The molecule has 0 atom stereocenters. The van der Waals surface area contributed by atoms with E-state index in [1.54, 1.807) is 0 Å². The molecule has 0 heteroatoms. The molecule has 0 bridgehead atoms. The molecule has 1 aliphatic rings. The van der Waals surface area contributed by atoms with E-state index in [4.69, 9.17) is 0 Å². The minimum absolute atomic E-state index is 1.17. The molecule has 0 heterocycles. The van der Waals surface area contributed by atoms with Crippen LogP contribution in [0.4, 0.5) is 0 Å². The number of hydrogen-bond acceptors (Lipinski definition) is 0. The minimum atomic E-state index is 1.17. The highest BCUT2D eigenvalue weighted by atomic mass is 14.2. The Labute approximate surface area is 63.6 Å². The molecule has 0 N–H and O–H groups in total. The maximum atomic E-state index is 2.27. The van der Waals surface area contributed by atoms with Crippen LogP contribution < -0.4 is 0 Å². The van der Waals surface area contributed by atoms with E-state index >= 15 is 0 Å². The molecule has 0 aromatic heterocycles. The van der Waals surface area contributed by atoms with E-state index in [9.17, 15) is 0 Å². The fourth-order valence-electron chi connectivity index (χ4n) is 1.25. The zero-order chi connectivity index (χ0) is 7.72. The van der Waals surface area contributed by atoms with E-state index in [-0.39, 0.29) is 0 Å². The van der Waals surface area contributed by atoms with Crippen molar-refractivity contribution in [2.24, 2.45) is 0 Å². The van der Waals surface area contributed by atoms with Gasteiger partial charge in [0.2, 0.25) is 0 Å². The SMILES string of the molecule is C[C]1CC(C)=C(C)C=C1C. The molecule has 0 saturated carbocycles. The second-order valence-electron chi connectivity index (χ2n) is 3.25. The number of hydrogen-bond donors (Lipinski definition) is 0. The third-order valence-electron chi connectivity index (χ3n) is 2.31. The lowest BCUT2D eigenvalue weighted by Gasteiger charge is -2.18. The highest BCUT2D eigenvalue weighted by Gasteiger charge is 2.11. The van der Waals surface area contributed by atoms with E-state index < -0.39 is 0 Å². The van der Waals surface area contributed by atoms with Crippen molar-refractivity contribution in [1.29, 1.82) is 0 Å². The van der Waals surface area contributed by atoms with E-state index in [0.717, 1.165) is 0 Å². The molecule has 1 radical (unpaired) electrons. The first kappa shape index (κ1) is 7.59. The molecular formula is C10H15. The Balaban J connectivity index is 2.88. The summed E-state index contributed by atoms with van der Waals surface area (Å²) in [5.74, 6) is 1.52. The van der Waals surface area contributed by atoms with Gasteiger partial charge in [0.1, 0.15) is 0 Å². The molecule has 55 valence electrons. The van der Waals surface area contributed by atoms with Crippen LogP contribution in [0.3, 0.4) is 0 Å². The number of rotatable bonds is 0. The maximum absolute atomic E-state index is 2.27. The quantitative estimate of drug-likeness (QED) is 0.478. The molecule has 0 saturated heterocycles. The number of allylic oxidation sites excluding steroid dienone is 4. The highest BCUT2D eigenvalue weighted by molar-refractivity contribution is 5.39. The van der Waals surface area contributed by atoms with Crippen molar-refractivity contribution in [2.75, 3.05) is 0 Å². The first-order chi connectivity index (χ1) is 4.61. The first-order valence-corrected chi connectivity index (χ1v) is 3.78. The van der Waals surface area contributed by atoms with Crippen molar-refractivity contribution in [3.05, 3.63) is 28.7 Å². The summed E-state index contributed by atoms with van der Waals surface area (Å²) >= 11 is 0. The van der Waals surface area contributed by atoms with E-state index in [1.807, 2.05) is 0 Å². The van der Waals surface area contributed by atoms with Crippen molar-refractivity contribution in [3.8, 4) is 0 Å². The summed E-state index contributed by atoms with van der Waals surface area (Å²) in [5, 5.41) is 0. The van der Waals surface area contributed by atoms with Crippen LogP contribution in [0.1, 0.15) is 34.1 Å². The molecule has 10 heavy (non-hydrogen) atoms. The van der Waals surface area contributed by atoms with E-state index in [1.165, 1.54) is 29.1 Å². The molecule has 0 spiro atoms. The summed E-state index contributed by atoms with van der Waals surface area (Å²) < 4.78 is 0. The van der Waals surface area contributed by atoms with Crippen molar-refractivity contribution < 1.29 is 0 Å². The van der Waals surface area contributed by atoms with Gasteiger partial charge in [-0.05, 0) is 27.2 Å². The first-order valence-electron chi connectivity index (χ1n) is 3.78. The lowest BCUT2D eigenvalue weighted by Crippen LogP contribution is -2.01. The van der Waals surface area contributed by atoms with Crippen LogP contribution in [0, 0.1) is 5.92 Å². The summed E-state index contributed by atoms with van der Waals surface area (Å²) in [4.78, 5) is 0. The van der Waals surface area contributed by atoms with Crippen LogP contribution in [0.25, 0.3) is 0 Å². The third-order valence-corrected chi connectivity index (χ3v) is 2.31. The molecule has 0 amide bonds. The van der Waals surface area contributed by atoms with Gasteiger partial charge in [0, 0.05) is 5.92 Å². The standard InChI is InChI=1S/C10H15/c1-7-5-9(3)10(4)6-8(7)2/h5H,6H2,1-4H3. The van der Waals surface area contributed by atoms with Crippen molar-refractivity contribution in [2.45, 2.75) is 34.1 Å². The van der Waals surface area contributed by atoms with Crippen LogP contribution in [0.15, 0.2) is 22.8 Å². The predicted octanol–water partition coefficient (Wildman–Crippen LogP) is 3.27. The molecule has 0 aromatic carbocycles. The highest BCUT2D eigenvalue weighted by Crippen LogP contribution is 2.29. The third kappa shape index (κ3) is 1.31. The van der Waals surface area contributed by atoms with Gasteiger partial charge in [-0.2, -0.15) is 0 Å². The van der Waals surface area contributed by atoms with Crippen LogP contribution in [-0.2, 0) is 0 Å². The van der Waals surface area contributed by atoms with Crippen molar-refractivity contribution >= 4 is 0 Å². The molecule has 1 aliphatic carbocycles. The fourth-order valence-corrected chi connectivity index (χ4v) is 1.25. The van der Waals surface area contributed by atoms with Gasteiger partial charge in [-0.3, -0.25) is 0 Å². The van der Waals surface area contributed by atoms with E-state index in [2.05, 4.69) is 33.8 Å². The maximum Gasteiger partial charge on any atom is 0.00153 e. The average Bonchev–Trinajstić information content (AvgIpc) is 1.84. The van der Waals surface area contributed by atoms with Gasteiger partial charge in [0.05, 0.1) is 0 Å². The average molecular weight is 135 g/mol. The molecule has 0 aliphatic heterocycles. The van der Waals surface area contributed by atoms with Crippen LogP contribution in [0.2, 0.25) is 0 Å². The van der Waals surface area contributed by atoms with E-state index in [0.29, 0.717) is 0 Å². The summed E-state index contributed by atoms with van der Waals surface area (Å²) in [7, 11) is 0. The Kier molecular flexibility index (Phi) is 1.98. The topological polar surface area (TPSA) is 0 Å². The van der Waals surface area contributed by atoms with Crippen molar-refractivity contribution in [1.82, 2.24) is 0 Å². The molecule has 0 aromatic rings. The Morgan fingerprint density at radius 1 is 1.10 bits per heavy atom. The second kappa shape index (κ2) is 2.61. The molecule has 0 fully saturated rings. The van der Waals surface area contributed by atoms with Gasteiger partial charge < -0.3 is 0 Å². The summed E-state index contributed by atoms with van der Waals surface area (Å²) in [5.41, 5.74) is 4.41.